The Hall–Kier alpha value is -3.07. The van der Waals surface area contributed by atoms with E-state index in [-0.39, 0.29) is 5.97 Å². The molecule has 3 aromatic carbocycles. The molecule has 0 spiro atoms. The van der Waals surface area contributed by atoms with Crippen LogP contribution in [0.2, 0.25) is 0 Å². The largest absolute Gasteiger partial charge is 0.494 e. The molecule has 0 fully saturated rings. The second kappa shape index (κ2) is 10.3. The maximum Gasteiger partial charge on any atom is 0.343 e. The van der Waals surface area contributed by atoms with E-state index in [9.17, 15) is 4.79 Å². The number of carbonyl (C=O) groups is 1. The Balaban J connectivity index is 1.58. The Labute approximate surface area is 166 Å². The van der Waals surface area contributed by atoms with Crippen molar-refractivity contribution in [2.24, 2.45) is 0 Å². The quantitative estimate of drug-likeness (QED) is 0.243. The average molecular weight is 374 g/mol. The molecule has 0 radical (unpaired) electrons. The highest BCUT2D eigenvalue weighted by Crippen LogP contribution is 2.23. The molecule has 0 aliphatic carbocycles. The van der Waals surface area contributed by atoms with Gasteiger partial charge in [0.05, 0.1) is 12.2 Å². The van der Waals surface area contributed by atoms with Crippen LogP contribution >= 0.6 is 0 Å². The van der Waals surface area contributed by atoms with Crippen LogP contribution in [0, 0.1) is 0 Å². The summed E-state index contributed by atoms with van der Waals surface area (Å²) in [4.78, 5) is 12.5. The van der Waals surface area contributed by atoms with E-state index in [1.807, 2.05) is 54.6 Å². The van der Waals surface area contributed by atoms with E-state index in [0.29, 0.717) is 23.7 Å². The number of hydrogen-bond donors (Lipinski definition) is 0. The highest BCUT2D eigenvalue weighted by Gasteiger charge is 2.10. The third kappa shape index (κ3) is 5.71. The molecule has 3 nitrogen and oxygen atoms in total. The minimum Gasteiger partial charge on any atom is -0.494 e. The van der Waals surface area contributed by atoms with E-state index in [4.69, 9.17) is 9.47 Å². The molecule has 28 heavy (non-hydrogen) atoms. The van der Waals surface area contributed by atoms with Gasteiger partial charge in [-0.3, -0.25) is 0 Å². The summed E-state index contributed by atoms with van der Waals surface area (Å²) in [6.45, 7) is 2.85. The number of rotatable bonds is 9. The van der Waals surface area contributed by atoms with Crippen molar-refractivity contribution < 1.29 is 14.3 Å². The van der Waals surface area contributed by atoms with E-state index >= 15 is 0 Å². The molecule has 3 rings (SSSR count). The zero-order valence-electron chi connectivity index (χ0n) is 16.3. The van der Waals surface area contributed by atoms with Crippen molar-refractivity contribution in [1.29, 1.82) is 0 Å². The van der Waals surface area contributed by atoms with E-state index in [1.165, 1.54) is 12.8 Å². The summed E-state index contributed by atoms with van der Waals surface area (Å²) in [6, 6.07) is 24.8. The highest BCUT2D eigenvalue weighted by molar-refractivity contribution is 5.91. The van der Waals surface area contributed by atoms with E-state index in [0.717, 1.165) is 24.0 Å². The van der Waals surface area contributed by atoms with Gasteiger partial charge in [-0.25, -0.2) is 4.79 Å². The van der Waals surface area contributed by atoms with Crippen molar-refractivity contribution in [2.75, 3.05) is 6.61 Å². The number of esters is 1. The molecule has 0 aromatic heterocycles. The average Bonchev–Trinajstić information content (AvgIpc) is 2.75. The fourth-order valence-electron chi connectivity index (χ4n) is 2.94. The normalized spacial score (nSPS) is 10.5. The molecule has 0 saturated carbocycles. The van der Waals surface area contributed by atoms with Gasteiger partial charge in [0.15, 0.2) is 0 Å². The van der Waals surface area contributed by atoms with E-state index in [1.54, 1.807) is 12.1 Å². The lowest BCUT2D eigenvalue weighted by Crippen LogP contribution is -2.08. The Morgan fingerprint density at radius 3 is 2.25 bits per heavy atom. The number of hydrogen-bond acceptors (Lipinski definition) is 3. The van der Waals surface area contributed by atoms with Crippen molar-refractivity contribution in [1.82, 2.24) is 0 Å². The SMILES string of the molecule is CCCCCCOc1cccc(C(=O)Oc2ccc(-c3ccccc3)cc2)c1. The molecule has 3 aromatic rings. The van der Waals surface area contributed by atoms with Crippen LogP contribution in [0.4, 0.5) is 0 Å². The van der Waals surface area contributed by atoms with E-state index < -0.39 is 0 Å². The molecule has 0 amide bonds. The van der Waals surface area contributed by atoms with Crippen LogP contribution in [0.3, 0.4) is 0 Å². The van der Waals surface area contributed by atoms with Crippen LogP contribution < -0.4 is 9.47 Å². The Kier molecular flexibility index (Phi) is 7.25. The highest BCUT2D eigenvalue weighted by atomic mass is 16.5. The minimum absolute atomic E-state index is 0.385. The minimum atomic E-state index is -0.385. The van der Waals surface area contributed by atoms with Crippen molar-refractivity contribution >= 4 is 5.97 Å². The smallest absolute Gasteiger partial charge is 0.343 e. The van der Waals surface area contributed by atoms with Gasteiger partial charge < -0.3 is 9.47 Å². The van der Waals surface area contributed by atoms with Gasteiger partial charge in [0.2, 0.25) is 0 Å². The first-order valence-electron chi connectivity index (χ1n) is 9.87. The lowest BCUT2D eigenvalue weighted by molar-refractivity contribution is 0.0734. The van der Waals surface area contributed by atoms with Gasteiger partial charge >= 0.3 is 5.97 Å². The molecule has 0 unspecified atom stereocenters. The van der Waals surface area contributed by atoms with Crippen molar-refractivity contribution in [3.8, 4) is 22.6 Å². The maximum absolute atomic E-state index is 12.5. The van der Waals surface area contributed by atoms with Gasteiger partial charge in [0, 0.05) is 0 Å². The van der Waals surface area contributed by atoms with Crippen molar-refractivity contribution in [3.63, 3.8) is 0 Å². The van der Waals surface area contributed by atoms with Crippen LogP contribution in [0.15, 0.2) is 78.9 Å². The van der Waals surface area contributed by atoms with Crippen LogP contribution in [0.5, 0.6) is 11.5 Å². The standard InChI is InChI=1S/C25H26O3/c1-2-3-4-8-18-27-24-13-9-12-22(19-24)25(26)28-23-16-14-21(15-17-23)20-10-6-5-7-11-20/h5-7,9-17,19H,2-4,8,18H2,1H3. The topological polar surface area (TPSA) is 35.5 Å². The summed E-state index contributed by atoms with van der Waals surface area (Å²) in [5.74, 6) is 0.838. The fraction of sp³-hybridized carbons (Fsp3) is 0.240. The lowest BCUT2D eigenvalue weighted by atomic mass is 10.1. The van der Waals surface area contributed by atoms with Gasteiger partial charge in [-0.05, 0) is 47.9 Å². The monoisotopic (exact) mass is 374 g/mol. The molecule has 0 saturated heterocycles. The molecular formula is C25H26O3. The molecule has 0 heterocycles. The van der Waals surface area contributed by atoms with Crippen molar-refractivity contribution in [2.45, 2.75) is 32.6 Å². The summed E-state index contributed by atoms with van der Waals surface area (Å²) in [5, 5.41) is 0. The second-order valence-electron chi connectivity index (χ2n) is 6.72. The van der Waals surface area contributed by atoms with Crippen molar-refractivity contribution in [3.05, 3.63) is 84.4 Å². The summed E-state index contributed by atoms with van der Waals surface area (Å²) in [7, 11) is 0. The Bertz CT molecular complexity index is 870. The number of ether oxygens (including phenoxy) is 2. The van der Waals surface area contributed by atoms with Gasteiger partial charge in [-0.15, -0.1) is 0 Å². The maximum atomic E-state index is 12.5. The number of unbranched alkanes of at least 4 members (excludes halogenated alkanes) is 3. The van der Waals surface area contributed by atoms with Crippen LogP contribution in [0.1, 0.15) is 43.0 Å². The molecule has 144 valence electrons. The first kappa shape index (κ1) is 19.7. The first-order chi connectivity index (χ1) is 13.8. The molecule has 0 aliphatic heterocycles. The van der Waals surface area contributed by atoms with Gasteiger partial charge in [0.1, 0.15) is 11.5 Å². The number of carbonyl (C=O) groups excluding carboxylic acids is 1. The van der Waals surface area contributed by atoms with Gasteiger partial charge in [0.25, 0.3) is 0 Å². The zero-order valence-corrected chi connectivity index (χ0v) is 16.3. The molecular weight excluding hydrogens is 348 g/mol. The Morgan fingerprint density at radius 1 is 0.750 bits per heavy atom. The summed E-state index contributed by atoms with van der Waals surface area (Å²) in [5.41, 5.74) is 2.70. The predicted octanol–water partition coefficient (Wildman–Crippen LogP) is 6.53. The second-order valence-corrected chi connectivity index (χ2v) is 6.72. The first-order valence-corrected chi connectivity index (χ1v) is 9.87. The van der Waals surface area contributed by atoms with Crippen LogP contribution in [-0.2, 0) is 0 Å². The molecule has 0 aliphatic rings. The van der Waals surface area contributed by atoms with E-state index in [2.05, 4.69) is 19.1 Å². The Morgan fingerprint density at radius 2 is 1.50 bits per heavy atom. The van der Waals surface area contributed by atoms with Crippen LogP contribution in [0.25, 0.3) is 11.1 Å². The predicted molar refractivity (Wildman–Crippen MR) is 113 cm³/mol. The molecule has 0 atom stereocenters. The third-order valence-corrected chi connectivity index (χ3v) is 4.51. The molecule has 0 N–H and O–H groups in total. The molecule has 3 heteroatoms. The third-order valence-electron chi connectivity index (χ3n) is 4.51. The summed E-state index contributed by atoms with van der Waals surface area (Å²) in [6.07, 6.45) is 4.61. The zero-order chi connectivity index (χ0) is 19.6. The summed E-state index contributed by atoms with van der Waals surface area (Å²) < 4.78 is 11.3. The van der Waals surface area contributed by atoms with Gasteiger partial charge in [-0.1, -0.05) is 74.7 Å². The van der Waals surface area contributed by atoms with Crippen LogP contribution in [-0.4, -0.2) is 12.6 Å². The molecule has 0 bridgehead atoms. The van der Waals surface area contributed by atoms with Gasteiger partial charge in [-0.2, -0.15) is 0 Å². The number of benzene rings is 3. The fourth-order valence-corrected chi connectivity index (χ4v) is 2.94. The lowest BCUT2D eigenvalue weighted by Gasteiger charge is -2.09. The summed E-state index contributed by atoms with van der Waals surface area (Å²) >= 11 is 0.